The van der Waals surface area contributed by atoms with Crippen LogP contribution in [-0.4, -0.2) is 57.0 Å². The number of aromatic nitrogens is 2. The minimum atomic E-state index is 0.545. The maximum absolute atomic E-state index is 5.59. The molecule has 0 spiro atoms. The highest BCUT2D eigenvalue weighted by Crippen LogP contribution is 2.36. The van der Waals surface area contributed by atoms with Gasteiger partial charge in [-0.1, -0.05) is 0 Å². The summed E-state index contributed by atoms with van der Waals surface area (Å²) in [6, 6.07) is 9.41. The molecule has 4 rings (SSSR count). The fraction of sp³-hybridized carbons (Fsp3) is 0.360. The molecule has 1 aliphatic heterocycles. The van der Waals surface area contributed by atoms with Gasteiger partial charge in [-0.05, 0) is 6.07 Å². The number of nitrogens with one attached hydrogen (secondary N) is 1. The Morgan fingerprint density at radius 1 is 0.824 bits per heavy atom. The summed E-state index contributed by atoms with van der Waals surface area (Å²) in [5.41, 5.74) is 3.99. The van der Waals surface area contributed by atoms with Crippen molar-refractivity contribution in [1.82, 2.24) is 14.9 Å². The number of hydrogen-bond donors (Lipinski definition) is 1. The third-order valence-electron chi connectivity index (χ3n) is 5.80. The maximum Gasteiger partial charge on any atom is 0.227 e. The van der Waals surface area contributed by atoms with Crippen molar-refractivity contribution in [2.45, 2.75) is 19.5 Å². The lowest BCUT2D eigenvalue weighted by Crippen LogP contribution is -2.31. The third kappa shape index (κ3) is 5.09. The lowest BCUT2D eigenvalue weighted by molar-refractivity contribution is 0.238. The monoisotopic (exact) mass is 466 g/mol. The largest absolute Gasteiger partial charge is 0.497 e. The van der Waals surface area contributed by atoms with E-state index in [0.717, 1.165) is 47.8 Å². The predicted molar refractivity (Wildman–Crippen MR) is 129 cm³/mol. The number of nitrogens with zero attached hydrogens (tertiary/aromatic N) is 3. The van der Waals surface area contributed by atoms with Gasteiger partial charge in [-0.2, -0.15) is 0 Å². The van der Waals surface area contributed by atoms with Crippen molar-refractivity contribution in [3.63, 3.8) is 0 Å². The number of methoxy groups -OCH3 is 5. The molecule has 0 fully saturated rings. The van der Waals surface area contributed by atoms with Crippen molar-refractivity contribution in [3.05, 3.63) is 53.3 Å². The van der Waals surface area contributed by atoms with E-state index < -0.39 is 0 Å². The van der Waals surface area contributed by atoms with Gasteiger partial charge in [-0.15, -0.1) is 0 Å². The quantitative estimate of drug-likeness (QED) is 0.506. The summed E-state index contributed by atoms with van der Waals surface area (Å²) >= 11 is 0. The summed E-state index contributed by atoms with van der Waals surface area (Å²) in [6.07, 6.45) is 2.71. The summed E-state index contributed by atoms with van der Waals surface area (Å²) in [6.45, 7) is 2.33. The molecule has 1 aliphatic rings. The van der Waals surface area contributed by atoms with Crippen molar-refractivity contribution in [2.24, 2.45) is 0 Å². The van der Waals surface area contributed by atoms with Crippen LogP contribution < -0.4 is 29.0 Å². The smallest absolute Gasteiger partial charge is 0.227 e. The number of anilines is 2. The molecular weight excluding hydrogens is 436 g/mol. The molecule has 0 saturated heterocycles. The van der Waals surface area contributed by atoms with Gasteiger partial charge in [0.2, 0.25) is 5.95 Å². The Hall–Kier alpha value is -3.72. The fourth-order valence-corrected chi connectivity index (χ4v) is 4.04. The van der Waals surface area contributed by atoms with Crippen LogP contribution in [0.5, 0.6) is 28.7 Å². The summed E-state index contributed by atoms with van der Waals surface area (Å²) in [4.78, 5) is 11.6. The van der Waals surface area contributed by atoms with Crippen LogP contribution >= 0.6 is 0 Å². The Kier molecular flexibility index (Phi) is 7.22. The van der Waals surface area contributed by atoms with E-state index in [4.69, 9.17) is 28.7 Å². The molecule has 0 atom stereocenters. The zero-order valence-electron chi connectivity index (χ0n) is 20.2. The summed E-state index contributed by atoms with van der Waals surface area (Å²) < 4.78 is 27.1. The van der Waals surface area contributed by atoms with Crippen molar-refractivity contribution < 1.29 is 23.7 Å². The van der Waals surface area contributed by atoms with Crippen molar-refractivity contribution in [2.75, 3.05) is 47.4 Å². The standard InChI is InChI=1S/C25H30N4O5/c1-30-19-9-18(10-20(11-19)31-2)27-25-26-13-17-15-29(7-6-21(17)28-25)14-16-8-23(33-4)24(34-5)12-22(16)32-3/h8-13H,6-7,14-15H2,1-5H3,(H,26,27,28). The normalized spacial score (nSPS) is 13.1. The Morgan fingerprint density at radius 2 is 1.50 bits per heavy atom. The molecule has 2 aromatic carbocycles. The third-order valence-corrected chi connectivity index (χ3v) is 5.80. The molecule has 1 N–H and O–H groups in total. The van der Waals surface area contributed by atoms with Gasteiger partial charge < -0.3 is 29.0 Å². The average molecular weight is 467 g/mol. The minimum Gasteiger partial charge on any atom is -0.497 e. The first-order valence-corrected chi connectivity index (χ1v) is 10.9. The first kappa shape index (κ1) is 23.4. The second kappa shape index (κ2) is 10.5. The van der Waals surface area contributed by atoms with E-state index in [2.05, 4.69) is 15.2 Å². The topological polar surface area (TPSA) is 87.2 Å². The molecule has 9 heteroatoms. The van der Waals surface area contributed by atoms with Gasteiger partial charge in [-0.3, -0.25) is 4.90 Å². The van der Waals surface area contributed by atoms with Gasteiger partial charge in [-0.25, -0.2) is 9.97 Å². The predicted octanol–water partition coefficient (Wildman–Crippen LogP) is 3.82. The molecule has 0 saturated carbocycles. The van der Waals surface area contributed by atoms with Crippen LogP contribution in [0.4, 0.5) is 11.6 Å². The molecular formula is C25H30N4O5. The molecule has 1 aromatic heterocycles. The highest BCUT2D eigenvalue weighted by molar-refractivity contribution is 5.59. The Bertz CT molecular complexity index is 1130. The highest BCUT2D eigenvalue weighted by atomic mass is 16.5. The molecule has 0 radical (unpaired) electrons. The van der Waals surface area contributed by atoms with Crippen LogP contribution in [0.25, 0.3) is 0 Å². The van der Waals surface area contributed by atoms with Gasteiger partial charge in [0, 0.05) is 73.3 Å². The van der Waals surface area contributed by atoms with Crippen LogP contribution in [0.2, 0.25) is 0 Å². The molecule has 0 amide bonds. The summed E-state index contributed by atoms with van der Waals surface area (Å²) in [5, 5.41) is 3.25. The van der Waals surface area contributed by atoms with Gasteiger partial charge in [0.1, 0.15) is 17.2 Å². The number of fused-ring (bicyclic) bond motifs is 1. The van der Waals surface area contributed by atoms with Gasteiger partial charge in [0.25, 0.3) is 0 Å². The average Bonchev–Trinajstić information content (AvgIpc) is 2.88. The molecule has 0 aliphatic carbocycles. The van der Waals surface area contributed by atoms with E-state index in [9.17, 15) is 0 Å². The number of benzene rings is 2. The van der Waals surface area contributed by atoms with Gasteiger partial charge >= 0.3 is 0 Å². The molecule has 0 unspecified atom stereocenters. The van der Waals surface area contributed by atoms with E-state index in [1.165, 1.54) is 0 Å². The Balaban J connectivity index is 1.48. The van der Waals surface area contributed by atoms with E-state index in [-0.39, 0.29) is 0 Å². The molecule has 9 nitrogen and oxygen atoms in total. The summed E-state index contributed by atoms with van der Waals surface area (Å²) in [5.74, 6) is 4.04. The van der Waals surface area contributed by atoms with Crippen molar-refractivity contribution in [3.8, 4) is 28.7 Å². The zero-order chi connectivity index (χ0) is 24.1. The number of hydrogen-bond acceptors (Lipinski definition) is 9. The molecule has 2 heterocycles. The Morgan fingerprint density at radius 3 is 2.15 bits per heavy atom. The van der Waals surface area contributed by atoms with Crippen molar-refractivity contribution in [1.29, 1.82) is 0 Å². The zero-order valence-corrected chi connectivity index (χ0v) is 20.2. The molecule has 0 bridgehead atoms. The molecule has 3 aromatic rings. The second-order valence-electron chi connectivity index (χ2n) is 7.87. The first-order chi connectivity index (χ1) is 16.6. The van der Waals surface area contributed by atoms with Gasteiger partial charge in [0.05, 0.1) is 41.2 Å². The lowest BCUT2D eigenvalue weighted by atomic mass is 10.1. The molecule has 180 valence electrons. The molecule has 34 heavy (non-hydrogen) atoms. The van der Waals surface area contributed by atoms with Crippen LogP contribution in [0.15, 0.2) is 36.5 Å². The van der Waals surface area contributed by atoms with E-state index in [1.54, 1.807) is 35.5 Å². The lowest BCUT2D eigenvalue weighted by Gasteiger charge is -2.28. The fourth-order valence-electron chi connectivity index (χ4n) is 4.04. The van der Waals surface area contributed by atoms with Gasteiger partial charge in [0.15, 0.2) is 11.5 Å². The van der Waals surface area contributed by atoms with Crippen LogP contribution in [0.1, 0.15) is 16.8 Å². The van der Waals surface area contributed by atoms with E-state index in [1.807, 2.05) is 36.5 Å². The van der Waals surface area contributed by atoms with E-state index >= 15 is 0 Å². The van der Waals surface area contributed by atoms with Crippen LogP contribution in [-0.2, 0) is 19.5 Å². The van der Waals surface area contributed by atoms with E-state index in [0.29, 0.717) is 35.5 Å². The van der Waals surface area contributed by atoms with Crippen LogP contribution in [0, 0.1) is 0 Å². The first-order valence-electron chi connectivity index (χ1n) is 10.9. The Labute approximate surface area is 199 Å². The SMILES string of the molecule is COc1cc(Nc2ncc3c(n2)CCN(Cc2cc(OC)c(OC)cc2OC)C3)cc(OC)c1. The second-order valence-corrected chi connectivity index (χ2v) is 7.87. The van der Waals surface area contributed by atoms with Crippen LogP contribution in [0.3, 0.4) is 0 Å². The maximum atomic E-state index is 5.59. The minimum absolute atomic E-state index is 0.545. The highest BCUT2D eigenvalue weighted by Gasteiger charge is 2.21. The number of ether oxygens (including phenoxy) is 5. The number of rotatable bonds is 9. The van der Waals surface area contributed by atoms with Crippen molar-refractivity contribution >= 4 is 11.6 Å². The summed E-state index contributed by atoms with van der Waals surface area (Å²) in [7, 11) is 8.16.